The van der Waals surface area contributed by atoms with Gasteiger partial charge in [0.2, 0.25) is 5.58 Å². The summed E-state index contributed by atoms with van der Waals surface area (Å²) in [6.07, 6.45) is 0.833. The number of β-amino-alcohol motifs (C(OH)–C–C–N with tert-alkyl or cyclic N) is 1. The maximum atomic E-state index is 12.6. The van der Waals surface area contributed by atoms with Crippen LogP contribution in [0.4, 0.5) is 0 Å². The van der Waals surface area contributed by atoms with Gasteiger partial charge in [-0.05, 0) is 12.1 Å². The van der Waals surface area contributed by atoms with E-state index in [2.05, 4.69) is 9.88 Å². The fourth-order valence-corrected chi connectivity index (χ4v) is 3.11. The molecule has 1 N–H and O–H groups in total. The third-order valence-electron chi connectivity index (χ3n) is 4.33. The van der Waals surface area contributed by atoms with Crippen LogP contribution in [0.5, 0.6) is 0 Å². The molecule has 1 saturated heterocycles. The van der Waals surface area contributed by atoms with Crippen molar-refractivity contribution in [3.8, 4) is 0 Å². The van der Waals surface area contributed by atoms with E-state index in [0.717, 1.165) is 18.5 Å². The van der Waals surface area contributed by atoms with Crippen molar-refractivity contribution in [3.63, 3.8) is 0 Å². The molecule has 1 aliphatic heterocycles. The van der Waals surface area contributed by atoms with Gasteiger partial charge in [0, 0.05) is 25.0 Å². The molecular weight excluding hydrogens is 310 g/mol. The Kier molecular flexibility index (Phi) is 4.05. The van der Waals surface area contributed by atoms with E-state index in [9.17, 15) is 9.90 Å². The predicted octanol–water partition coefficient (Wildman–Crippen LogP) is 0.836. The molecule has 0 amide bonds. The molecule has 0 saturated carbocycles. The van der Waals surface area contributed by atoms with E-state index in [1.54, 1.807) is 0 Å². The minimum Gasteiger partial charge on any atom is -0.448 e. The van der Waals surface area contributed by atoms with Gasteiger partial charge in [-0.2, -0.15) is 0 Å². The first-order chi connectivity index (χ1) is 11.7. The number of ether oxygens (including phenoxy) is 1. The fraction of sp³-hybridized carbons (Fsp3) is 0.412. The number of nitrogens with zero attached hydrogens (tertiary/aromatic N) is 3. The SMILES string of the molecule is O=c1c2oc3ccccc3c2ncn1C[C@@H](O)CN1CCOCC1. The number of aliphatic hydroxyl groups is 1. The van der Waals surface area contributed by atoms with Gasteiger partial charge in [-0.3, -0.25) is 14.3 Å². The third kappa shape index (κ3) is 2.82. The van der Waals surface area contributed by atoms with E-state index in [-0.39, 0.29) is 17.7 Å². The molecule has 7 nitrogen and oxygen atoms in total. The molecule has 1 fully saturated rings. The molecule has 0 radical (unpaired) electrons. The van der Waals surface area contributed by atoms with Gasteiger partial charge >= 0.3 is 0 Å². The zero-order valence-electron chi connectivity index (χ0n) is 13.2. The Morgan fingerprint density at radius 1 is 1.21 bits per heavy atom. The molecule has 0 bridgehead atoms. The molecule has 0 aliphatic carbocycles. The summed E-state index contributed by atoms with van der Waals surface area (Å²) in [6, 6.07) is 7.44. The van der Waals surface area contributed by atoms with Crippen LogP contribution in [0.25, 0.3) is 22.1 Å². The summed E-state index contributed by atoms with van der Waals surface area (Å²) in [5.74, 6) is 0. The van der Waals surface area contributed by atoms with Gasteiger partial charge in [0.05, 0.1) is 32.2 Å². The molecule has 24 heavy (non-hydrogen) atoms. The van der Waals surface area contributed by atoms with Gasteiger partial charge in [-0.1, -0.05) is 12.1 Å². The summed E-state index contributed by atoms with van der Waals surface area (Å²) in [5.41, 5.74) is 1.17. The Bertz CT molecular complexity index is 911. The van der Waals surface area contributed by atoms with Crippen LogP contribution in [0.1, 0.15) is 0 Å². The number of rotatable bonds is 4. The average Bonchev–Trinajstić information content (AvgIpc) is 2.98. The summed E-state index contributed by atoms with van der Waals surface area (Å²) in [5, 5.41) is 11.1. The summed E-state index contributed by atoms with van der Waals surface area (Å²) in [4.78, 5) is 19.1. The maximum absolute atomic E-state index is 12.6. The number of fused-ring (bicyclic) bond motifs is 3. The maximum Gasteiger partial charge on any atom is 0.297 e. The highest BCUT2D eigenvalue weighted by molar-refractivity contribution is 6.01. The number of aliphatic hydroxyl groups excluding tert-OH is 1. The second-order valence-corrected chi connectivity index (χ2v) is 6.04. The van der Waals surface area contributed by atoms with E-state index in [0.29, 0.717) is 30.9 Å². The molecule has 7 heteroatoms. The van der Waals surface area contributed by atoms with Gasteiger partial charge in [0.1, 0.15) is 11.1 Å². The van der Waals surface area contributed by atoms with Gasteiger partial charge < -0.3 is 14.3 Å². The average molecular weight is 329 g/mol. The molecule has 1 aliphatic rings. The minimum absolute atomic E-state index is 0.191. The van der Waals surface area contributed by atoms with Crippen LogP contribution in [0, 0.1) is 0 Å². The second-order valence-electron chi connectivity index (χ2n) is 6.04. The number of hydrogen-bond donors (Lipinski definition) is 1. The number of para-hydroxylation sites is 1. The van der Waals surface area contributed by atoms with Crippen molar-refractivity contribution in [2.45, 2.75) is 12.6 Å². The number of benzene rings is 1. The molecule has 3 heterocycles. The van der Waals surface area contributed by atoms with Gasteiger partial charge in [0.15, 0.2) is 0 Å². The fourth-order valence-electron chi connectivity index (χ4n) is 3.11. The Hall–Kier alpha value is -2.22. The van der Waals surface area contributed by atoms with E-state index >= 15 is 0 Å². The van der Waals surface area contributed by atoms with Crippen molar-refractivity contribution in [1.82, 2.24) is 14.5 Å². The van der Waals surface area contributed by atoms with Crippen LogP contribution in [-0.4, -0.2) is 58.5 Å². The Labute approximate surface area is 138 Å². The standard InChI is InChI=1S/C17H19N3O4/c21-12(9-19-5-7-23-8-6-19)10-20-11-18-15-13-3-1-2-4-14(13)24-16(15)17(20)22/h1-4,11-12,21H,5-10H2/t12-/m0/s1. The lowest BCUT2D eigenvalue weighted by Gasteiger charge is -2.28. The normalized spacial score (nSPS) is 17.5. The van der Waals surface area contributed by atoms with Crippen molar-refractivity contribution in [2.24, 2.45) is 0 Å². The highest BCUT2D eigenvalue weighted by Crippen LogP contribution is 2.24. The van der Waals surface area contributed by atoms with E-state index in [1.807, 2.05) is 24.3 Å². The first kappa shape index (κ1) is 15.3. The predicted molar refractivity (Wildman–Crippen MR) is 89.0 cm³/mol. The lowest BCUT2D eigenvalue weighted by atomic mass is 10.2. The van der Waals surface area contributed by atoms with E-state index < -0.39 is 6.10 Å². The van der Waals surface area contributed by atoms with Gasteiger partial charge in [-0.25, -0.2) is 4.98 Å². The van der Waals surface area contributed by atoms with Crippen LogP contribution in [0.3, 0.4) is 0 Å². The van der Waals surface area contributed by atoms with Crippen LogP contribution in [-0.2, 0) is 11.3 Å². The lowest BCUT2D eigenvalue weighted by Crippen LogP contribution is -2.42. The Morgan fingerprint density at radius 2 is 2.00 bits per heavy atom. The molecule has 3 aromatic rings. The zero-order chi connectivity index (χ0) is 16.5. The summed E-state index contributed by atoms with van der Waals surface area (Å²) in [6.45, 7) is 3.65. The first-order valence-electron chi connectivity index (χ1n) is 8.07. The molecule has 2 aromatic heterocycles. The molecular formula is C17H19N3O4. The topological polar surface area (TPSA) is 80.7 Å². The van der Waals surface area contributed by atoms with Crippen LogP contribution in [0.2, 0.25) is 0 Å². The van der Waals surface area contributed by atoms with Crippen molar-refractivity contribution >= 4 is 22.1 Å². The van der Waals surface area contributed by atoms with Crippen molar-refractivity contribution in [1.29, 1.82) is 0 Å². The molecule has 126 valence electrons. The number of furan rings is 1. The Morgan fingerprint density at radius 3 is 2.83 bits per heavy atom. The molecule has 1 aromatic carbocycles. The van der Waals surface area contributed by atoms with Crippen LogP contribution < -0.4 is 5.56 Å². The number of morpholine rings is 1. The lowest BCUT2D eigenvalue weighted by molar-refractivity contribution is 0.0113. The highest BCUT2D eigenvalue weighted by atomic mass is 16.5. The van der Waals surface area contributed by atoms with Crippen LogP contribution in [0.15, 0.2) is 39.8 Å². The monoisotopic (exact) mass is 329 g/mol. The third-order valence-corrected chi connectivity index (χ3v) is 4.33. The van der Waals surface area contributed by atoms with Crippen LogP contribution >= 0.6 is 0 Å². The summed E-state index contributed by atoms with van der Waals surface area (Å²) < 4.78 is 12.4. The van der Waals surface area contributed by atoms with Gasteiger partial charge in [0.25, 0.3) is 5.56 Å². The minimum atomic E-state index is -0.649. The van der Waals surface area contributed by atoms with Gasteiger partial charge in [-0.15, -0.1) is 0 Å². The number of hydrogen-bond acceptors (Lipinski definition) is 6. The van der Waals surface area contributed by atoms with Crippen molar-refractivity contribution in [3.05, 3.63) is 40.9 Å². The zero-order valence-corrected chi connectivity index (χ0v) is 13.2. The van der Waals surface area contributed by atoms with E-state index in [1.165, 1.54) is 10.9 Å². The second kappa shape index (κ2) is 6.35. The largest absolute Gasteiger partial charge is 0.448 e. The number of aromatic nitrogens is 2. The smallest absolute Gasteiger partial charge is 0.297 e. The Balaban J connectivity index is 1.59. The highest BCUT2D eigenvalue weighted by Gasteiger charge is 2.18. The summed E-state index contributed by atoms with van der Waals surface area (Å²) >= 11 is 0. The van der Waals surface area contributed by atoms with Crippen molar-refractivity contribution in [2.75, 3.05) is 32.8 Å². The van der Waals surface area contributed by atoms with E-state index in [4.69, 9.17) is 9.15 Å². The first-order valence-corrected chi connectivity index (χ1v) is 8.07. The molecule has 0 unspecified atom stereocenters. The molecule has 0 spiro atoms. The quantitative estimate of drug-likeness (QED) is 0.764. The van der Waals surface area contributed by atoms with Crippen molar-refractivity contribution < 1.29 is 14.3 Å². The molecule has 1 atom stereocenters. The summed E-state index contributed by atoms with van der Waals surface area (Å²) in [7, 11) is 0. The molecule has 4 rings (SSSR count).